The molecule has 0 fully saturated rings. The minimum Gasteiger partial charge on any atom is -1.00 e. The third-order valence-corrected chi connectivity index (χ3v) is 4.99. The lowest BCUT2D eigenvalue weighted by atomic mass is 10.1. The predicted octanol–water partition coefficient (Wildman–Crippen LogP) is 0.866. The van der Waals surface area contributed by atoms with Gasteiger partial charge in [0.05, 0.1) is 14.2 Å². The molecule has 0 atom stereocenters. The minimum absolute atomic E-state index is 0. The summed E-state index contributed by atoms with van der Waals surface area (Å²) in [5.74, 6) is 1.28. The van der Waals surface area contributed by atoms with Gasteiger partial charge in [-0.15, -0.1) is 0 Å². The van der Waals surface area contributed by atoms with Crippen LogP contribution in [0.1, 0.15) is 27.0 Å². The Bertz CT molecular complexity index is 1040. The number of halogens is 1. The number of nitrogens with zero attached hydrogens (tertiary/aromatic N) is 1. The van der Waals surface area contributed by atoms with Gasteiger partial charge in [-0.3, -0.25) is 4.79 Å². The Morgan fingerprint density at radius 2 is 1.62 bits per heavy atom. The van der Waals surface area contributed by atoms with E-state index < -0.39 is 0 Å². The van der Waals surface area contributed by atoms with Crippen molar-refractivity contribution in [3.63, 3.8) is 0 Å². The smallest absolute Gasteiger partial charge is 0.189 e. The Morgan fingerprint density at radius 3 is 2.28 bits per heavy atom. The lowest BCUT2D eigenvalue weighted by Gasteiger charge is -2.08. The Balaban J connectivity index is 0.00000240. The number of ether oxygens (including phenoxy) is 2. The Labute approximate surface area is 176 Å². The van der Waals surface area contributed by atoms with Gasteiger partial charge >= 0.3 is 0 Å². The Kier molecular flexibility index (Phi) is 6.35. The molecule has 29 heavy (non-hydrogen) atoms. The van der Waals surface area contributed by atoms with E-state index in [2.05, 4.69) is 16.7 Å². The third-order valence-electron chi connectivity index (χ3n) is 4.99. The lowest BCUT2D eigenvalue weighted by Crippen LogP contribution is -3.00. The third kappa shape index (κ3) is 4.33. The van der Waals surface area contributed by atoms with Crippen molar-refractivity contribution >= 4 is 11.9 Å². The maximum atomic E-state index is 12.8. The zero-order chi connectivity index (χ0) is 19.5. The first kappa shape index (κ1) is 20.6. The summed E-state index contributed by atoms with van der Waals surface area (Å²) in [5.41, 5.74) is 4.72. The molecule has 0 unspecified atom stereocenters. The number of hydrogen-bond donors (Lipinski definition) is 0. The van der Waals surface area contributed by atoms with Gasteiger partial charge in [0.25, 0.3) is 0 Å². The van der Waals surface area contributed by atoms with E-state index in [-0.39, 0.29) is 18.2 Å². The van der Waals surface area contributed by atoms with E-state index in [0.717, 1.165) is 23.2 Å². The van der Waals surface area contributed by atoms with E-state index in [1.165, 1.54) is 5.56 Å². The second kappa shape index (κ2) is 8.93. The first-order valence-electron chi connectivity index (χ1n) is 9.21. The number of allylic oxidation sites excluding steroid dienone is 1. The highest BCUT2D eigenvalue weighted by Crippen LogP contribution is 2.36. The van der Waals surface area contributed by atoms with E-state index in [4.69, 9.17) is 9.47 Å². The molecule has 1 aliphatic carbocycles. The topological polar surface area (TPSA) is 39.4 Å². The molecular formula is C24H22ClNO3. The summed E-state index contributed by atoms with van der Waals surface area (Å²) in [4.78, 5) is 12.8. The van der Waals surface area contributed by atoms with Gasteiger partial charge in [-0.1, -0.05) is 30.3 Å². The molecule has 0 bridgehead atoms. The molecule has 1 heterocycles. The van der Waals surface area contributed by atoms with Crippen molar-refractivity contribution in [2.24, 2.45) is 0 Å². The van der Waals surface area contributed by atoms with E-state index >= 15 is 0 Å². The number of carbonyl (C=O) groups is 1. The number of hydrogen-bond acceptors (Lipinski definition) is 3. The molecule has 0 radical (unpaired) electrons. The second-order valence-electron chi connectivity index (χ2n) is 6.83. The van der Waals surface area contributed by atoms with Crippen LogP contribution in [0.5, 0.6) is 11.5 Å². The first-order chi connectivity index (χ1) is 13.7. The normalized spacial score (nSPS) is 13.7. The molecule has 4 nitrogen and oxygen atoms in total. The number of carbonyl (C=O) groups excluding carboxylic acids is 1. The van der Waals surface area contributed by atoms with Crippen LogP contribution < -0.4 is 26.4 Å². The highest BCUT2D eigenvalue weighted by Gasteiger charge is 2.27. The molecule has 0 aliphatic heterocycles. The van der Waals surface area contributed by atoms with Crippen LogP contribution in [-0.4, -0.2) is 20.0 Å². The van der Waals surface area contributed by atoms with E-state index in [0.29, 0.717) is 23.5 Å². The summed E-state index contributed by atoms with van der Waals surface area (Å²) in [7, 11) is 3.18. The van der Waals surface area contributed by atoms with Crippen LogP contribution in [-0.2, 0) is 13.0 Å². The van der Waals surface area contributed by atoms with Gasteiger partial charge in [-0.2, -0.15) is 0 Å². The van der Waals surface area contributed by atoms with Crippen LogP contribution in [0, 0.1) is 0 Å². The predicted molar refractivity (Wildman–Crippen MR) is 108 cm³/mol. The molecule has 1 aromatic heterocycles. The van der Waals surface area contributed by atoms with Crippen LogP contribution in [0.15, 0.2) is 72.6 Å². The van der Waals surface area contributed by atoms with Gasteiger partial charge in [0, 0.05) is 35.3 Å². The lowest BCUT2D eigenvalue weighted by molar-refractivity contribution is -0.688. The Morgan fingerprint density at radius 1 is 0.966 bits per heavy atom. The van der Waals surface area contributed by atoms with Crippen molar-refractivity contribution in [3.05, 3.63) is 94.8 Å². The molecule has 3 aromatic rings. The van der Waals surface area contributed by atoms with Crippen LogP contribution in [0.4, 0.5) is 0 Å². The van der Waals surface area contributed by atoms with E-state index in [1.807, 2.05) is 54.9 Å². The van der Waals surface area contributed by atoms with Gasteiger partial charge in [0.1, 0.15) is 0 Å². The largest absolute Gasteiger partial charge is 1.00 e. The van der Waals surface area contributed by atoms with Gasteiger partial charge < -0.3 is 21.9 Å². The molecule has 148 valence electrons. The van der Waals surface area contributed by atoms with Crippen molar-refractivity contribution in [2.45, 2.75) is 13.0 Å². The standard InChI is InChI=1S/C24H22NO3.ClH/c1-27-22-14-19-13-20(24(26)21(19)15-23(22)28-2)12-17-8-10-25(11-9-17)16-18-6-4-3-5-7-18;/h3-12,14-15H,13,16H2,1-2H3;1H/q+1;/p-1. The molecule has 4 rings (SSSR count). The summed E-state index contributed by atoms with van der Waals surface area (Å²) < 4.78 is 12.8. The Hall–Kier alpha value is -3.11. The average molecular weight is 408 g/mol. The second-order valence-corrected chi connectivity index (χ2v) is 6.83. The summed E-state index contributed by atoms with van der Waals surface area (Å²) in [6.45, 7) is 0.821. The maximum Gasteiger partial charge on any atom is 0.189 e. The number of rotatable bonds is 5. The van der Waals surface area contributed by atoms with Crippen molar-refractivity contribution < 1.29 is 31.2 Å². The molecule has 0 spiro atoms. The number of Topliss-reactive ketones (excluding diaryl/α,β-unsaturated/α-hetero) is 1. The molecule has 2 aromatic carbocycles. The zero-order valence-electron chi connectivity index (χ0n) is 16.4. The monoisotopic (exact) mass is 407 g/mol. The van der Waals surface area contributed by atoms with Crippen LogP contribution >= 0.6 is 0 Å². The van der Waals surface area contributed by atoms with Crippen molar-refractivity contribution in [2.75, 3.05) is 14.2 Å². The van der Waals surface area contributed by atoms with E-state index in [1.54, 1.807) is 20.3 Å². The maximum absolute atomic E-state index is 12.8. The fourth-order valence-corrected chi connectivity index (χ4v) is 3.52. The SMILES string of the molecule is COc1cc2c(cc1OC)C(=O)C(=Cc1cc[n+](Cc3ccccc3)cc1)C2.[Cl-]. The fourth-order valence-electron chi connectivity index (χ4n) is 3.52. The molecule has 1 aliphatic rings. The van der Waals surface area contributed by atoms with Crippen molar-refractivity contribution in [1.82, 2.24) is 0 Å². The number of methoxy groups -OCH3 is 2. The summed E-state index contributed by atoms with van der Waals surface area (Å²) >= 11 is 0. The fraction of sp³-hybridized carbons (Fsp3) is 0.167. The molecule has 5 heteroatoms. The quantitative estimate of drug-likeness (QED) is 0.465. The molecule has 0 saturated heterocycles. The number of benzene rings is 2. The summed E-state index contributed by atoms with van der Waals surface area (Å²) in [6.07, 6.45) is 6.65. The molecule has 0 amide bonds. The van der Waals surface area contributed by atoms with Gasteiger partial charge in [-0.25, -0.2) is 4.57 Å². The van der Waals surface area contributed by atoms with Crippen LogP contribution in [0.25, 0.3) is 6.08 Å². The van der Waals surface area contributed by atoms with E-state index in [9.17, 15) is 4.79 Å². The molecule has 0 saturated carbocycles. The number of fused-ring (bicyclic) bond motifs is 1. The number of pyridine rings is 1. The first-order valence-corrected chi connectivity index (χ1v) is 9.21. The average Bonchev–Trinajstić information content (AvgIpc) is 3.03. The van der Waals surface area contributed by atoms with Gasteiger partial charge in [-0.05, 0) is 29.3 Å². The number of aromatic nitrogens is 1. The van der Waals surface area contributed by atoms with Crippen molar-refractivity contribution in [3.8, 4) is 11.5 Å². The summed E-state index contributed by atoms with van der Waals surface area (Å²) in [6, 6.07) is 18.1. The van der Waals surface area contributed by atoms with Gasteiger partial charge in [0.15, 0.2) is 36.2 Å². The van der Waals surface area contributed by atoms with Crippen molar-refractivity contribution in [1.29, 1.82) is 0 Å². The zero-order valence-corrected chi connectivity index (χ0v) is 17.1. The highest BCUT2D eigenvalue weighted by molar-refractivity contribution is 6.15. The van der Waals surface area contributed by atoms with Crippen LogP contribution in [0.2, 0.25) is 0 Å². The molecule has 0 N–H and O–H groups in total. The highest BCUT2D eigenvalue weighted by atomic mass is 35.5. The van der Waals surface area contributed by atoms with Gasteiger partial charge in [0.2, 0.25) is 0 Å². The summed E-state index contributed by atoms with van der Waals surface area (Å²) in [5, 5.41) is 0. The van der Waals surface area contributed by atoms with Crippen LogP contribution in [0.3, 0.4) is 0 Å². The number of ketones is 1. The molecular weight excluding hydrogens is 386 g/mol. The minimum atomic E-state index is 0.